The summed E-state index contributed by atoms with van der Waals surface area (Å²) in [5.74, 6) is -0.151. The monoisotopic (exact) mass is 329 g/mol. The van der Waals surface area contributed by atoms with Gasteiger partial charge < -0.3 is 9.84 Å². The number of aryl methyl sites for hydroxylation is 1. The molecule has 1 fully saturated rings. The molecule has 0 radical (unpaired) electrons. The Morgan fingerprint density at radius 2 is 1.88 bits per heavy atom. The van der Waals surface area contributed by atoms with Crippen molar-refractivity contribution in [1.82, 2.24) is 4.90 Å². The van der Waals surface area contributed by atoms with Gasteiger partial charge in [-0.05, 0) is 37.0 Å². The zero-order chi connectivity index (χ0) is 17.1. The first-order valence-electron chi connectivity index (χ1n) is 8.50. The molecule has 0 saturated carbocycles. The number of carbonyl (C=O) groups is 2. The standard InChI is InChI=1S/C19H23NO4/c1-2-13-6-5-7-15(10-13)24-12-14(21)11-20-18(22)16-8-3-4-9-17(16)19(20)23/h3-7,10,14,16-17,21H,2,8-9,11-12H2,1H3/t14-,16-,17+/m1/s1. The fraction of sp³-hybridized carbons (Fsp3) is 0.474. The number of ether oxygens (including phenoxy) is 1. The summed E-state index contributed by atoms with van der Waals surface area (Å²) in [6, 6.07) is 7.68. The zero-order valence-corrected chi connectivity index (χ0v) is 13.9. The van der Waals surface area contributed by atoms with Crippen molar-refractivity contribution in [2.45, 2.75) is 32.3 Å². The van der Waals surface area contributed by atoms with Gasteiger partial charge in [-0.2, -0.15) is 0 Å². The van der Waals surface area contributed by atoms with Gasteiger partial charge in [0.05, 0.1) is 18.4 Å². The summed E-state index contributed by atoms with van der Waals surface area (Å²) in [4.78, 5) is 25.9. The number of fused-ring (bicyclic) bond motifs is 1. The summed E-state index contributed by atoms with van der Waals surface area (Å²) in [6.07, 6.45) is 5.15. The smallest absolute Gasteiger partial charge is 0.233 e. The highest BCUT2D eigenvalue weighted by molar-refractivity contribution is 6.05. The maximum absolute atomic E-state index is 12.4. The minimum Gasteiger partial charge on any atom is -0.491 e. The molecule has 5 heteroatoms. The van der Waals surface area contributed by atoms with E-state index in [1.807, 2.05) is 36.4 Å². The van der Waals surface area contributed by atoms with E-state index in [4.69, 9.17) is 4.74 Å². The number of aliphatic hydroxyl groups excluding tert-OH is 1. The number of β-amino-alcohol motifs (C(OH)–C–C–N with tert-alkyl or cyclic N) is 1. The summed E-state index contributed by atoms with van der Waals surface area (Å²) in [6.45, 7) is 2.11. The summed E-state index contributed by atoms with van der Waals surface area (Å²) < 4.78 is 5.60. The van der Waals surface area contributed by atoms with Crippen molar-refractivity contribution in [3.63, 3.8) is 0 Å². The largest absolute Gasteiger partial charge is 0.491 e. The Balaban J connectivity index is 1.56. The molecule has 24 heavy (non-hydrogen) atoms. The van der Waals surface area contributed by atoms with Crippen molar-refractivity contribution in [2.24, 2.45) is 11.8 Å². The van der Waals surface area contributed by atoms with Gasteiger partial charge >= 0.3 is 0 Å². The van der Waals surface area contributed by atoms with E-state index in [0.717, 1.165) is 12.0 Å². The van der Waals surface area contributed by atoms with E-state index in [1.165, 1.54) is 4.90 Å². The molecule has 3 rings (SSSR count). The van der Waals surface area contributed by atoms with Crippen LogP contribution >= 0.6 is 0 Å². The van der Waals surface area contributed by atoms with Crippen molar-refractivity contribution in [3.05, 3.63) is 42.0 Å². The Kier molecular flexibility index (Phi) is 5.00. The van der Waals surface area contributed by atoms with Gasteiger partial charge in [-0.3, -0.25) is 14.5 Å². The van der Waals surface area contributed by atoms with Crippen LogP contribution in [0.15, 0.2) is 36.4 Å². The number of hydrogen-bond donors (Lipinski definition) is 1. The van der Waals surface area contributed by atoms with Crippen molar-refractivity contribution < 1.29 is 19.4 Å². The van der Waals surface area contributed by atoms with Crippen molar-refractivity contribution in [1.29, 1.82) is 0 Å². The van der Waals surface area contributed by atoms with E-state index in [2.05, 4.69) is 6.92 Å². The molecule has 2 aliphatic rings. The lowest BCUT2D eigenvalue weighted by Gasteiger charge is -2.19. The van der Waals surface area contributed by atoms with Crippen LogP contribution in [-0.2, 0) is 16.0 Å². The van der Waals surface area contributed by atoms with Crippen molar-refractivity contribution >= 4 is 11.8 Å². The Bertz CT molecular complexity index is 629. The summed E-state index contributed by atoms with van der Waals surface area (Å²) in [5.41, 5.74) is 1.16. The highest BCUT2D eigenvalue weighted by Gasteiger charge is 2.47. The molecule has 0 bridgehead atoms. The Hall–Kier alpha value is -2.14. The number of amides is 2. The minimum absolute atomic E-state index is 0.00185. The summed E-state index contributed by atoms with van der Waals surface area (Å²) in [5, 5.41) is 10.2. The summed E-state index contributed by atoms with van der Waals surface area (Å²) in [7, 11) is 0. The maximum Gasteiger partial charge on any atom is 0.233 e. The van der Waals surface area contributed by atoms with Crippen LogP contribution < -0.4 is 4.74 Å². The van der Waals surface area contributed by atoms with E-state index < -0.39 is 6.10 Å². The van der Waals surface area contributed by atoms with Gasteiger partial charge in [-0.15, -0.1) is 0 Å². The van der Waals surface area contributed by atoms with Crippen LogP contribution in [0, 0.1) is 11.8 Å². The molecule has 128 valence electrons. The number of aliphatic hydroxyl groups is 1. The second kappa shape index (κ2) is 7.18. The zero-order valence-electron chi connectivity index (χ0n) is 13.9. The number of rotatable bonds is 6. The van der Waals surface area contributed by atoms with E-state index in [0.29, 0.717) is 18.6 Å². The van der Waals surface area contributed by atoms with Gasteiger partial charge in [-0.1, -0.05) is 31.2 Å². The van der Waals surface area contributed by atoms with Crippen LogP contribution in [0.25, 0.3) is 0 Å². The van der Waals surface area contributed by atoms with Gasteiger partial charge in [0.1, 0.15) is 18.5 Å². The van der Waals surface area contributed by atoms with Gasteiger partial charge in [0.2, 0.25) is 11.8 Å². The molecule has 1 aliphatic carbocycles. The molecular weight excluding hydrogens is 306 g/mol. The molecular formula is C19H23NO4. The molecule has 1 aliphatic heterocycles. The molecule has 2 amide bonds. The number of hydrogen-bond acceptors (Lipinski definition) is 4. The molecule has 0 unspecified atom stereocenters. The lowest BCUT2D eigenvalue weighted by molar-refractivity contribution is -0.141. The Labute approximate surface area is 141 Å². The van der Waals surface area contributed by atoms with Gasteiger partial charge in [0.25, 0.3) is 0 Å². The fourth-order valence-electron chi connectivity index (χ4n) is 3.36. The molecule has 1 saturated heterocycles. The molecule has 5 nitrogen and oxygen atoms in total. The van der Waals surface area contributed by atoms with Crippen molar-refractivity contribution in [2.75, 3.05) is 13.2 Å². The highest BCUT2D eigenvalue weighted by atomic mass is 16.5. The third kappa shape index (κ3) is 3.36. The maximum atomic E-state index is 12.4. The van der Waals surface area contributed by atoms with E-state index in [9.17, 15) is 14.7 Å². The van der Waals surface area contributed by atoms with Crippen molar-refractivity contribution in [3.8, 4) is 5.75 Å². The lowest BCUT2D eigenvalue weighted by atomic mass is 9.85. The third-order valence-electron chi connectivity index (χ3n) is 4.74. The van der Waals surface area contributed by atoms with Crippen LogP contribution in [0.1, 0.15) is 25.3 Å². The second-order valence-corrected chi connectivity index (χ2v) is 6.41. The Morgan fingerprint density at radius 3 is 2.50 bits per heavy atom. The number of allylic oxidation sites excluding steroid dienone is 2. The van der Waals surface area contributed by atoms with Crippen LogP contribution in [0.2, 0.25) is 0 Å². The SMILES string of the molecule is CCc1cccc(OC[C@H](O)CN2C(=O)[C@H]3CC=CC[C@H]3C2=O)c1. The van der Waals surface area contributed by atoms with Gasteiger partial charge in [0, 0.05) is 0 Å². The fourth-order valence-corrected chi connectivity index (χ4v) is 3.36. The van der Waals surface area contributed by atoms with Crippen LogP contribution in [0.3, 0.4) is 0 Å². The number of nitrogens with zero attached hydrogens (tertiary/aromatic N) is 1. The Morgan fingerprint density at radius 1 is 1.21 bits per heavy atom. The quantitative estimate of drug-likeness (QED) is 0.640. The predicted molar refractivity (Wildman–Crippen MR) is 89.4 cm³/mol. The molecule has 1 heterocycles. The van der Waals surface area contributed by atoms with Gasteiger partial charge in [0.15, 0.2) is 0 Å². The van der Waals surface area contributed by atoms with Crippen LogP contribution in [0.5, 0.6) is 5.75 Å². The molecule has 1 aromatic rings. The van der Waals surface area contributed by atoms with Crippen LogP contribution in [0.4, 0.5) is 0 Å². The first-order valence-corrected chi connectivity index (χ1v) is 8.50. The van der Waals surface area contributed by atoms with Gasteiger partial charge in [-0.25, -0.2) is 0 Å². The predicted octanol–water partition coefficient (Wildman–Crippen LogP) is 1.94. The molecule has 3 atom stereocenters. The van der Waals surface area contributed by atoms with E-state index in [-0.39, 0.29) is 36.8 Å². The topological polar surface area (TPSA) is 66.8 Å². The van der Waals surface area contributed by atoms with E-state index in [1.54, 1.807) is 0 Å². The molecule has 0 spiro atoms. The average molecular weight is 329 g/mol. The molecule has 1 aromatic carbocycles. The second-order valence-electron chi connectivity index (χ2n) is 6.41. The minimum atomic E-state index is -0.892. The lowest BCUT2D eigenvalue weighted by Crippen LogP contribution is -2.40. The third-order valence-corrected chi connectivity index (χ3v) is 4.74. The first-order chi connectivity index (χ1) is 11.6. The number of imide groups is 1. The number of carbonyl (C=O) groups excluding carboxylic acids is 2. The number of likely N-dealkylation sites (tertiary alicyclic amines) is 1. The highest BCUT2D eigenvalue weighted by Crippen LogP contribution is 2.35. The van der Waals surface area contributed by atoms with E-state index >= 15 is 0 Å². The molecule has 0 aromatic heterocycles. The normalized spacial score (nSPS) is 24.2. The average Bonchev–Trinajstić information content (AvgIpc) is 2.85. The number of benzene rings is 1. The molecule has 1 N–H and O–H groups in total. The first kappa shape index (κ1) is 16.7. The van der Waals surface area contributed by atoms with Crippen LogP contribution in [-0.4, -0.2) is 41.1 Å². The summed E-state index contributed by atoms with van der Waals surface area (Å²) >= 11 is 0.